The van der Waals surface area contributed by atoms with Crippen molar-refractivity contribution in [1.82, 2.24) is 4.90 Å². The van der Waals surface area contributed by atoms with Crippen molar-refractivity contribution in [3.05, 3.63) is 100 Å². The zero-order chi connectivity index (χ0) is 21.3. The van der Waals surface area contributed by atoms with Crippen LogP contribution in [0.4, 0.5) is 10.1 Å². The second-order valence-corrected chi connectivity index (χ2v) is 7.20. The van der Waals surface area contributed by atoms with Crippen molar-refractivity contribution in [3.8, 4) is 0 Å². The molecule has 1 aliphatic rings. The van der Waals surface area contributed by atoms with Crippen LogP contribution in [0.15, 0.2) is 66.7 Å². The number of rotatable bonds is 5. The number of nitrogens with zero attached hydrogens (tertiary/aromatic N) is 1. The van der Waals surface area contributed by atoms with E-state index in [1.165, 1.54) is 35.2 Å². The highest BCUT2D eigenvalue weighted by Gasteiger charge is 2.35. The van der Waals surface area contributed by atoms with Crippen LogP contribution in [0.1, 0.15) is 42.2 Å². The van der Waals surface area contributed by atoms with Crippen LogP contribution in [-0.2, 0) is 6.42 Å². The molecule has 0 radical (unpaired) electrons. The first kappa shape index (κ1) is 19.5. The van der Waals surface area contributed by atoms with Gasteiger partial charge < -0.3 is 5.32 Å². The molecule has 0 aliphatic carbocycles. The molecular formula is C24H19FN2O3. The van der Waals surface area contributed by atoms with Crippen LogP contribution in [-0.4, -0.2) is 29.2 Å². The number of benzene rings is 3. The normalized spacial score (nSPS) is 12.8. The Kier molecular flexibility index (Phi) is 5.14. The summed E-state index contributed by atoms with van der Waals surface area (Å²) < 4.78 is 13.9. The number of halogens is 1. The summed E-state index contributed by atoms with van der Waals surface area (Å²) in [6.07, 6.45) is 0.548. The molecule has 5 nitrogen and oxygen atoms in total. The van der Waals surface area contributed by atoms with Crippen LogP contribution in [0, 0.1) is 12.7 Å². The number of anilines is 1. The van der Waals surface area contributed by atoms with Gasteiger partial charge in [-0.15, -0.1) is 0 Å². The second-order valence-electron chi connectivity index (χ2n) is 7.20. The summed E-state index contributed by atoms with van der Waals surface area (Å²) in [6, 6.07) is 18.3. The molecule has 3 amide bonds. The van der Waals surface area contributed by atoms with Gasteiger partial charge in [-0.3, -0.25) is 19.3 Å². The van der Waals surface area contributed by atoms with Gasteiger partial charge in [-0.05, 0) is 54.8 Å². The third-order valence-corrected chi connectivity index (χ3v) is 5.07. The number of hydrogen-bond acceptors (Lipinski definition) is 3. The van der Waals surface area contributed by atoms with Crippen molar-refractivity contribution in [1.29, 1.82) is 0 Å². The molecule has 1 heterocycles. The fraction of sp³-hybridized carbons (Fsp3) is 0.125. The lowest BCUT2D eigenvalue weighted by atomic mass is 10.1. The summed E-state index contributed by atoms with van der Waals surface area (Å²) in [5.41, 5.74) is 2.52. The number of hydrogen-bond donors (Lipinski definition) is 1. The van der Waals surface area contributed by atoms with Gasteiger partial charge in [0.15, 0.2) is 0 Å². The fourth-order valence-electron chi connectivity index (χ4n) is 3.45. The third-order valence-electron chi connectivity index (χ3n) is 5.07. The van der Waals surface area contributed by atoms with Crippen LogP contribution in [0.5, 0.6) is 0 Å². The molecule has 3 aromatic rings. The predicted molar refractivity (Wildman–Crippen MR) is 111 cm³/mol. The molecular weight excluding hydrogens is 383 g/mol. The average molecular weight is 402 g/mol. The Morgan fingerprint density at radius 3 is 2.43 bits per heavy atom. The molecule has 150 valence electrons. The number of amides is 3. The number of carbonyl (C=O) groups is 3. The smallest absolute Gasteiger partial charge is 0.261 e. The zero-order valence-corrected chi connectivity index (χ0v) is 16.3. The molecule has 30 heavy (non-hydrogen) atoms. The lowest BCUT2D eigenvalue weighted by Gasteiger charge is -2.13. The van der Waals surface area contributed by atoms with Gasteiger partial charge in [-0.25, -0.2) is 4.39 Å². The van der Waals surface area contributed by atoms with E-state index in [0.29, 0.717) is 6.42 Å². The van der Waals surface area contributed by atoms with Gasteiger partial charge in [0.05, 0.1) is 16.8 Å². The van der Waals surface area contributed by atoms with Gasteiger partial charge in [0, 0.05) is 12.1 Å². The van der Waals surface area contributed by atoms with Gasteiger partial charge in [0.1, 0.15) is 5.82 Å². The van der Waals surface area contributed by atoms with Gasteiger partial charge in [0.25, 0.3) is 17.7 Å². The lowest BCUT2D eigenvalue weighted by Crippen LogP contribution is -2.31. The minimum atomic E-state index is -0.551. The van der Waals surface area contributed by atoms with Gasteiger partial charge in [-0.1, -0.05) is 36.4 Å². The van der Waals surface area contributed by atoms with Crippen LogP contribution < -0.4 is 5.32 Å². The number of imide groups is 1. The number of fused-ring (bicyclic) bond motifs is 1. The highest BCUT2D eigenvalue weighted by molar-refractivity contribution is 6.22. The Hall–Kier alpha value is -3.80. The van der Waals surface area contributed by atoms with Gasteiger partial charge in [0.2, 0.25) is 0 Å². The first-order valence-corrected chi connectivity index (χ1v) is 9.56. The molecule has 0 saturated carbocycles. The molecule has 1 aliphatic heterocycles. The van der Waals surface area contributed by atoms with E-state index in [2.05, 4.69) is 5.32 Å². The largest absolute Gasteiger partial charge is 0.319 e. The van der Waals surface area contributed by atoms with Crippen LogP contribution >= 0.6 is 0 Å². The topological polar surface area (TPSA) is 66.5 Å². The summed E-state index contributed by atoms with van der Waals surface area (Å²) in [5, 5.41) is 2.52. The quantitative estimate of drug-likeness (QED) is 0.650. The third kappa shape index (κ3) is 3.72. The SMILES string of the molecule is Cc1ccc(F)c(NC(=O)c2ccc3c(c2)C(=O)N(CCc2ccccc2)C3=O)c1. The van der Waals surface area contributed by atoms with Crippen molar-refractivity contribution in [2.75, 3.05) is 11.9 Å². The molecule has 3 aromatic carbocycles. The Morgan fingerprint density at radius 1 is 0.933 bits per heavy atom. The molecule has 1 N–H and O–H groups in total. The minimum Gasteiger partial charge on any atom is -0.319 e. The van der Waals surface area contributed by atoms with E-state index in [4.69, 9.17) is 0 Å². The van der Waals surface area contributed by atoms with Crippen molar-refractivity contribution in [2.24, 2.45) is 0 Å². The van der Waals surface area contributed by atoms with Gasteiger partial charge in [-0.2, -0.15) is 0 Å². The molecule has 0 unspecified atom stereocenters. The highest BCUT2D eigenvalue weighted by atomic mass is 19.1. The summed E-state index contributed by atoms with van der Waals surface area (Å²) >= 11 is 0. The second kappa shape index (κ2) is 7.91. The molecule has 0 fully saturated rings. The Bertz CT molecular complexity index is 1160. The van der Waals surface area contributed by atoms with E-state index in [1.807, 2.05) is 30.3 Å². The number of aryl methyl sites for hydroxylation is 1. The van der Waals surface area contributed by atoms with E-state index in [0.717, 1.165) is 11.1 Å². The van der Waals surface area contributed by atoms with Crippen LogP contribution in [0.3, 0.4) is 0 Å². The van der Waals surface area contributed by atoms with E-state index in [1.54, 1.807) is 13.0 Å². The molecule has 0 saturated heterocycles. The fourth-order valence-corrected chi connectivity index (χ4v) is 3.45. The summed E-state index contributed by atoms with van der Waals surface area (Å²) in [5.74, 6) is -1.90. The maximum Gasteiger partial charge on any atom is 0.261 e. The summed E-state index contributed by atoms with van der Waals surface area (Å²) in [4.78, 5) is 39.2. The first-order valence-electron chi connectivity index (χ1n) is 9.56. The summed E-state index contributed by atoms with van der Waals surface area (Å²) in [6.45, 7) is 2.05. The standard InChI is InChI=1S/C24H19FN2O3/c1-15-7-10-20(25)21(13-15)26-22(28)17-8-9-18-19(14-17)24(30)27(23(18)29)12-11-16-5-3-2-4-6-16/h2-10,13-14H,11-12H2,1H3,(H,26,28). The Morgan fingerprint density at radius 2 is 1.67 bits per heavy atom. The number of nitrogens with one attached hydrogen (secondary N) is 1. The van der Waals surface area contributed by atoms with Crippen molar-refractivity contribution in [3.63, 3.8) is 0 Å². The van der Waals surface area contributed by atoms with Crippen molar-refractivity contribution >= 4 is 23.4 Å². The summed E-state index contributed by atoms with van der Waals surface area (Å²) in [7, 11) is 0. The molecule has 4 rings (SSSR count). The molecule has 0 bridgehead atoms. The minimum absolute atomic E-state index is 0.0624. The predicted octanol–water partition coefficient (Wildman–Crippen LogP) is 4.23. The highest BCUT2D eigenvalue weighted by Crippen LogP contribution is 2.25. The number of carbonyl (C=O) groups excluding carboxylic acids is 3. The van der Waals surface area contributed by atoms with E-state index >= 15 is 0 Å². The van der Waals surface area contributed by atoms with E-state index < -0.39 is 17.6 Å². The Labute approximate surface area is 173 Å². The zero-order valence-electron chi connectivity index (χ0n) is 16.3. The van der Waals surface area contributed by atoms with Crippen LogP contribution in [0.2, 0.25) is 0 Å². The van der Waals surface area contributed by atoms with E-state index in [-0.39, 0.29) is 34.8 Å². The molecule has 0 atom stereocenters. The van der Waals surface area contributed by atoms with Crippen molar-refractivity contribution < 1.29 is 18.8 Å². The maximum absolute atomic E-state index is 13.9. The van der Waals surface area contributed by atoms with E-state index in [9.17, 15) is 18.8 Å². The van der Waals surface area contributed by atoms with Crippen molar-refractivity contribution in [2.45, 2.75) is 13.3 Å². The maximum atomic E-state index is 13.9. The average Bonchev–Trinajstić information content (AvgIpc) is 2.99. The molecule has 0 spiro atoms. The molecule has 6 heteroatoms. The lowest BCUT2D eigenvalue weighted by molar-refractivity contribution is 0.0656. The Balaban J connectivity index is 1.52. The molecule has 0 aromatic heterocycles. The monoisotopic (exact) mass is 402 g/mol. The van der Waals surface area contributed by atoms with Gasteiger partial charge >= 0.3 is 0 Å². The first-order chi connectivity index (χ1) is 14.4. The van der Waals surface area contributed by atoms with Crippen LogP contribution in [0.25, 0.3) is 0 Å².